The highest BCUT2D eigenvalue weighted by Gasteiger charge is 2.26. The molecule has 0 saturated heterocycles. The standard InChI is InChI=1S/C32H30FN5O4S/c1-35-32(39)29-26-17-25(22-10-7-11-23(16-22)31(34)37-36-19-20-8-5-4-6-9-20)27(38(2)43(3,40)41)18-28(26)42-30(29)21-12-14-24(33)15-13-21/h4-18,36H,19H2,1-3H3,(H2,34,37)(H,35,39). The van der Waals surface area contributed by atoms with Crippen molar-refractivity contribution >= 4 is 38.4 Å². The number of nitrogens with two attached hydrogens (primary N) is 1. The molecule has 5 rings (SSSR count). The third-order valence-corrected chi connectivity index (χ3v) is 8.19. The van der Waals surface area contributed by atoms with Gasteiger partial charge in [-0.05, 0) is 47.5 Å². The normalized spacial score (nSPS) is 11.9. The van der Waals surface area contributed by atoms with Crippen LogP contribution in [0.2, 0.25) is 0 Å². The summed E-state index contributed by atoms with van der Waals surface area (Å²) in [7, 11) is -0.748. The number of furan rings is 1. The van der Waals surface area contributed by atoms with Gasteiger partial charge in [-0.15, -0.1) is 0 Å². The number of rotatable bonds is 9. The molecule has 0 saturated carbocycles. The lowest BCUT2D eigenvalue weighted by atomic mass is 9.97. The van der Waals surface area contributed by atoms with Crippen molar-refractivity contribution in [2.45, 2.75) is 6.54 Å². The number of hydrazone groups is 1. The van der Waals surface area contributed by atoms with Gasteiger partial charge in [0.2, 0.25) is 10.0 Å². The number of hydrogen-bond donors (Lipinski definition) is 3. The molecule has 0 aliphatic heterocycles. The van der Waals surface area contributed by atoms with Gasteiger partial charge in [-0.1, -0.05) is 48.5 Å². The van der Waals surface area contributed by atoms with E-state index >= 15 is 0 Å². The average Bonchev–Trinajstić information content (AvgIpc) is 3.38. The first-order valence-corrected chi connectivity index (χ1v) is 15.1. The number of nitrogens with zero attached hydrogens (tertiary/aromatic N) is 2. The zero-order valence-electron chi connectivity index (χ0n) is 23.8. The van der Waals surface area contributed by atoms with Crippen molar-refractivity contribution < 1.29 is 22.0 Å². The maximum absolute atomic E-state index is 13.7. The Kier molecular flexibility index (Phi) is 8.18. The van der Waals surface area contributed by atoms with Gasteiger partial charge in [0.1, 0.15) is 17.2 Å². The first-order valence-electron chi connectivity index (χ1n) is 13.3. The Hall–Kier alpha value is -5.16. The highest BCUT2D eigenvalue weighted by Crippen LogP contribution is 2.41. The molecule has 0 fully saturated rings. The minimum Gasteiger partial charge on any atom is -0.455 e. The number of amidine groups is 1. The van der Waals surface area contributed by atoms with Gasteiger partial charge in [-0.25, -0.2) is 12.8 Å². The lowest BCUT2D eigenvalue weighted by Crippen LogP contribution is -2.25. The van der Waals surface area contributed by atoms with E-state index in [2.05, 4.69) is 15.8 Å². The Morgan fingerprint density at radius 1 is 0.977 bits per heavy atom. The number of hydrogen-bond acceptors (Lipinski definition) is 6. The van der Waals surface area contributed by atoms with Crippen LogP contribution in [0.1, 0.15) is 21.5 Å². The van der Waals surface area contributed by atoms with Crippen LogP contribution in [0.5, 0.6) is 0 Å². The van der Waals surface area contributed by atoms with Crippen LogP contribution in [0.3, 0.4) is 0 Å². The summed E-state index contributed by atoms with van der Waals surface area (Å²) in [5.74, 6) is -0.375. The number of amides is 1. The second-order valence-electron chi connectivity index (χ2n) is 9.89. The highest BCUT2D eigenvalue weighted by atomic mass is 32.2. The Labute approximate surface area is 248 Å². The summed E-state index contributed by atoms with van der Waals surface area (Å²) in [5.41, 5.74) is 13.4. The molecule has 1 amide bonds. The van der Waals surface area contributed by atoms with E-state index in [0.717, 1.165) is 16.1 Å². The van der Waals surface area contributed by atoms with E-state index in [4.69, 9.17) is 10.2 Å². The van der Waals surface area contributed by atoms with Gasteiger partial charge in [-0.2, -0.15) is 5.10 Å². The molecule has 4 aromatic carbocycles. The van der Waals surface area contributed by atoms with Crippen LogP contribution < -0.4 is 20.8 Å². The summed E-state index contributed by atoms with van der Waals surface area (Å²) < 4.78 is 46.3. The number of nitrogens with one attached hydrogen (secondary N) is 2. The summed E-state index contributed by atoms with van der Waals surface area (Å²) in [6.07, 6.45) is 1.10. The van der Waals surface area contributed by atoms with Gasteiger partial charge < -0.3 is 20.9 Å². The van der Waals surface area contributed by atoms with Crippen molar-refractivity contribution in [3.63, 3.8) is 0 Å². The van der Waals surface area contributed by atoms with Gasteiger partial charge in [0.05, 0.1) is 24.1 Å². The summed E-state index contributed by atoms with van der Waals surface area (Å²) in [6, 6.07) is 25.8. The van der Waals surface area contributed by atoms with Crippen LogP contribution in [0, 0.1) is 5.82 Å². The van der Waals surface area contributed by atoms with E-state index in [9.17, 15) is 17.6 Å². The highest BCUT2D eigenvalue weighted by molar-refractivity contribution is 7.92. The monoisotopic (exact) mass is 599 g/mol. The number of anilines is 1. The maximum Gasteiger partial charge on any atom is 0.255 e. The second kappa shape index (κ2) is 12.0. The Morgan fingerprint density at radius 3 is 2.37 bits per heavy atom. The van der Waals surface area contributed by atoms with Crippen LogP contribution in [0.25, 0.3) is 33.4 Å². The van der Waals surface area contributed by atoms with Crippen molar-refractivity contribution in [1.29, 1.82) is 0 Å². The predicted molar refractivity (Wildman–Crippen MR) is 168 cm³/mol. The molecular formula is C32H30FN5O4S. The summed E-state index contributed by atoms with van der Waals surface area (Å²) >= 11 is 0. The fourth-order valence-electron chi connectivity index (χ4n) is 4.68. The van der Waals surface area contributed by atoms with E-state index < -0.39 is 21.7 Å². The quantitative estimate of drug-likeness (QED) is 0.123. The summed E-state index contributed by atoms with van der Waals surface area (Å²) in [6.45, 7) is 0.486. The largest absolute Gasteiger partial charge is 0.455 e. The molecule has 0 aliphatic rings. The van der Waals surface area contributed by atoms with Crippen molar-refractivity contribution in [1.82, 2.24) is 10.7 Å². The number of sulfonamides is 1. The number of benzene rings is 4. The molecule has 1 aromatic heterocycles. The van der Waals surface area contributed by atoms with Crippen LogP contribution in [-0.4, -0.2) is 40.5 Å². The molecule has 0 radical (unpaired) electrons. The van der Waals surface area contributed by atoms with E-state index in [-0.39, 0.29) is 22.7 Å². The second-order valence-corrected chi connectivity index (χ2v) is 11.9. The molecule has 220 valence electrons. The first-order chi connectivity index (χ1) is 20.6. The molecule has 9 nitrogen and oxygen atoms in total. The van der Waals surface area contributed by atoms with Crippen molar-refractivity contribution in [2.75, 3.05) is 24.7 Å². The van der Waals surface area contributed by atoms with Crippen LogP contribution in [-0.2, 0) is 16.6 Å². The number of carbonyl (C=O) groups is 1. The zero-order valence-corrected chi connectivity index (χ0v) is 24.6. The van der Waals surface area contributed by atoms with E-state index in [1.807, 2.05) is 36.4 Å². The molecule has 0 bridgehead atoms. The van der Waals surface area contributed by atoms with Gasteiger partial charge in [-0.3, -0.25) is 9.10 Å². The van der Waals surface area contributed by atoms with Gasteiger partial charge >= 0.3 is 0 Å². The molecular weight excluding hydrogens is 569 g/mol. The zero-order chi connectivity index (χ0) is 30.7. The molecule has 4 N–H and O–H groups in total. The smallest absolute Gasteiger partial charge is 0.255 e. The maximum atomic E-state index is 13.7. The molecule has 0 unspecified atom stereocenters. The third-order valence-electron chi connectivity index (χ3n) is 7.00. The lowest BCUT2D eigenvalue weighted by Gasteiger charge is -2.21. The molecule has 5 aromatic rings. The topological polar surface area (TPSA) is 130 Å². The molecule has 0 spiro atoms. The van der Waals surface area contributed by atoms with E-state index in [1.165, 1.54) is 38.4 Å². The molecule has 43 heavy (non-hydrogen) atoms. The van der Waals surface area contributed by atoms with E-state index in [1.54, 1.807) is 30.3 Å². The van der Waals surface area contributed by atoms with Crippen molar-refractivity contribution in [3.05, 3.63) is 114 Å². The SMILES string of the molecule is CNC(=O)c1c(-c2ccc(F)cc2)oc2cc(N(C)S(C)(=O)=O)c(-c3cccc(C(N)=NNCc4ccccc4)c3)cc12. The summed E-state index contributed by atoms with van der Waals surface area (Å²) in [5, 5.41) is 7.40. The number of halogens is 1. The number of carbonyl (C=O) groups excluding carboxylic acids is 1. The van der Waals surface area contributed by atoms with Crippen LogP contribution in [0.4, 0.5) is 10.1 Å². The fraction of sp³-hybridized carbons (Fsp3) is 0.125. The molecule has 11 heteroatoms. The first kappa shape index (κ1) is 29.3. The Bertz CT molecular complexity index is 1940. The third kappa shape index (κ3) is 6.21. The molecule has 1 heterocycles. The van der Waals surface area contributed by atoms with Gasteiger partial charge in [0.25, 0.3) is 5.91 Å². The number of fused-ring (bicyclic) bond motifs is 1. The average molecular weight is 600 g/mol. The van der Waals surface area contributed by atoms with Crippen LogP contribution >= 0.6 is 0 Å². The Morgan fingerprint density at radius 2 is 1.70 bits per heavy atom. The lowest BCUT2D eigenvalue weighted by molar-refractivity contribution is 0.0964. The summed E-state index contributed by atoms with van der Waals surface area (Å²) in [4.78, 5) is 13.1. The molecule has 0 aliphatic carbocycles. The van der Waals surface area contributed by atoms with E-state index in [0.29, 0.717) is 39.9 Å². The van der Waals surface area contributed by atoms with Gasteiger partial charge in [0.15, 0.2) is 5.84 Å². The fourth-order valence-corrected chi connectivity index (χ4v) is 5.19. The Balaban J connectivity index is 1.65. The van der Waals surface area contributed by atoms with Crippen LogP contribution in [0.15, 0.2) is 101 Å². The molecule has 0 atom stereocenters. The minimum absolute atomic E-state index is 0.231. The van der Waals surface area contributed by atoms with Gasteiger partial charge in [0, 0.05) is 42.2 Å². The minimum atomic E-state index is -3.69. The van der Waals surface area contributed by atoms with Crippen molar-refractivity contribution in [2.24, 2.45) is 10.8 Å². The predicted octanol–water partition coefficient (Wildman–Crippen LogP) is 5.07. The van der Waals surface area contributed by atoms with Crippen molar-refractivity contribution in [3.8, 4) is 22.5 Å².